The molecule has 2 N–H and O–H groups in total. The fourth-order valence-electron chi connectivity index (χ4n) is 1.41. The number of carbonyl (C=O) groups is 1. The molecule has 0 aliphatic rings. The quantitative estimate of drug-likeness (QED) is 0.722. The van der Waals surface area contributed by atoms with Crippen molar-refractivity contribution < 1.29 is 14.6 Å². The molecule has 0 heterocycles. The Balaban J connectivity index is 2.08. The normalized spacial score (nSPS) is 12.3. The number of hydrogen-bond acceptors (Lipinski definition) is 3. The van der Waals surface area contributed by atoms with Gasteiger partial charge in [-0.3, -0.25) is 4.79 Å². The standard InChI is InChI=1S/C13H19NO3/c1-11(14-8-7-13(15)16)9-17-10-12-5-3-2-4-6-12/h2-6,11,14H,7-10H2,1H3,(H,15,16). The second-order valence-corrected chi connectivity index (χ2v) is 4.00. The molecule has 4 heteroatoms. The lowest BCUT2D eigenvalue weighted by molar-refractivity contribution is -0.136. The van der Waals surface area contributed by atoms with Crippen molar-refractivity contribution in [2.24, 2.45) is 0 Å². The van der Waals surface area contributed by atoms with Crippen LogP contribution in [0.2, 0.25) is 0 Å². The number of benzene rings is 1. The average molecular weight is 237 g/mol. The first-order chi connectivity index (χ1) is 8.18. The van der Waals surface area contributed by atoms with Crippen molar-refractivity contribution in [2.75, 3.05) is 13.2 Å². The summed E-state index contributed by atoms with van der Waals surface area (Å²) in [4.78, 5) is 10.3. The third-order valence-corrected chi connectivity index (χ3v) is 2.31. The van der Waals surface area contributed by atoms with Crippen LogP contribution in [0.25, 0.3) is 0 Å². The van der Waals surface area contributed by atoms with Crippen molar-refractivity contribution in [2.45, 2.75) is 26.0 Å². The molecule has 0 radical (unpaired) electrons. The van der Waals surface area contributed by atoms with Crippen molar-refractivity contribution in [3.63, 3.8) is 0 Å². The van der Waals surface area contributed by atoms with Gasteiger partial charge in [-0.2, -0.15) is 0 Å². The Kier molecular flexibility index (Phi) is 6.29. The van der Waals surface area contributed by atoms with Crippen molar-refractivity contribution >= 4 is 5.97 Å². The highest BCUT2D eigenvalue weighted by Gasteiger charge is 2.03. The van der Waals surface area contributed by atoms with Gasteiger partial charge in [0.25, 0.3) is 0 Å². The van der Waals surface area contributed by atoms with Gasteiger partial charge in [0.2, 0.25) is 0 Å². The molecule has 1 aromatic rings. The SMILES string of the molecule is CC(COCc1ccccc1)NCCC(=O)O. The number of rotatable bonds is 8. The van der Waals surface area contributed by atoms with Crippen LogP contribution in [-0.4, -0.2) is 30.3 Å². The topological polar surface area (TPSA) is 58.6 Å². The zero-order valence-electron chi connectivity index (χ0n) is 10.1. The predicted molar refractivity (Wildman–Crippen MR) is 65.8 cm³/mol. The highest BCUT2D eigenvalue weighted by atomic mass is 16.5. The summed E-state index contributed by atoms with van der Waals surface area (Å²) >= 11 is 0. The molecule has 1 aromatic carbocycles. The molecule has 0 saturated heterocycles. The van der Waals surface area contributed by atoms with E-state index < -0.39 is 5.97 Å². The van der Waals surface area contributed by atoms with Crippen LogP contribution in [0.4, 0.5) is 0 Å². The highest BCUT2D eigenvalue weighted by Crippen LogP contribution is 2.00. The van der Waals surface area contributed by atoms with Crippen molar-refractivity contribution in [1.82, 2.24) is 5.32 Å². The summed E-state index contributed by atoms with van der Waals surface area (Å²) < 4.78 is 5.53. The van der Waals surface area contributed by atoms with Gasteiger partial charge in [0.05, 0.1) is 19.6 Å². The monoisotopic (exact) mass is 237 g/mol. The molecular weight excluding hydrogens is 218 g/mol. The van der Waals surface area contributed by atoms with E-state index in [1.165, 1.54) is 0 Å². The molecule has 0 amide bonds. The Morgan fingerprint density at radius 3 is 2.76 bits per heavy atom. The third-order valence-electron chi connectivity index (χ3n) is 2.31. The molecule has 0 saturated carbocycles. The summed E-state index contributed by atoms with van der Waals surface area (Å²) in [6.45, 7) is 3.62. The predicted octanol–water partition coefficient (Wildman–Crippen LogP) is 1.66. The minimum atomic E-state index is -0.782. The first kappa shape index (κ1) is 13.7. The van der Waals surface area contributed by atoms with Crippen LogP contribution >= 0.6 is 0 Å². The van der Waals surface area contributed by atoms with Gasteiger partial charge in [0.15, 0.2) is 0 Å². The fourth-order valence-corrected chi connectivity index (χ4v) is 1.41. The molecule has 0 aliphatic carbocycles. The van der Waals surface area contributed by atoms with E-state index in [9.17, 15) is 4.79 Å². The lowest BCUT2D eigenvalue weighted by Crippen LogP contribution is -2.32. The lowest BCUT2D eigenvalue weighted by Gasteiger charge is -2.13. The molecule has 0 fully saturated rings. The van der Waals surface area contributed by atoms with Crippen LogP contribution in [0.15, 0.2) is 30.3 Å². The van der Waals surface area contributed by atoms with Gasteiger partial charge in [0, 0.05) is 12.6 Å². The summed E-state index contributed by atoms with van der Waals surface area (Å²) in [6.07, 6.45) is 0.142. The van der Waals surface area contributed by atoms with Gasteiger partial charge in [0.1, 0.15) is 0 Å². The number of aliphatic carboxylic acids is 1. The minimum Gasteiger partial charge on any atom is -0.481 e. The molecule has 0 aromatic heterocycles. The van der Waals surface area contributed by atoms with Crippen LogP contribution in [0.3, 0.4) is 0 Å². The largest absolute Gasteiger partial charge is 0.481 e. The number of ether oxygens (including phenoxy) is 1. The summed E-state index contributed by atoms with van der Waals surface area (Å²) in [5.74, 6) is -0.782. The Labute approximate surface area is 102 Å². The van der Waals surface area contributed by atoms with E-state index in [1.807, 2.05) is 37.3 Å². The van der Waals surface area contributed by atoms with E-state index in [0.717, 1.165) is 5.56 Å². The molecule has 1 atom stereocenters. The van der Waals surface area contributed by atoms with Gasteiger partial charge in [-0.25, -0.2) is 0 Å². The Bertz CT molecular complexity index is 327. The molecule has 94 valence electrons. The number of nitrogens with one attached hydrogen (secondary N) is 1. The maximum atomic E-state index is 10.3. The first-order valence-electron chi connectivity index (χ1n) is 5.75. The van der Waals surface area contributed by atoms with Gasteiger partial charge < -0.3 is 15.2 Å². The molecule has 0 spiro atoms. The Morgan fingerprint density at radius 1 is 1.41 bits per heavy atom. The van der Waals surface area contributed by atoms with E-state index >= 15 is 0 Å². The average Bonchev–Trinajstić information content (AvgIpc) is 2.30. The summed E-state index contributed by atoms with van der Waals surface area (Å²) in [5, 5.41) is 11.6. The zero-order valence-corrected chi connectivity index (χ0v) is 10.1. The molecular formula is C13H19NO3. The molecule has 4 nitrogen and oxygen atoms in total. The number of carboxylic acids is 1. The van der Waals surface area contributed by atoms with Crippen molar-refractivity contribution in [3.05, 3.63) is 35.9 Å². The van der Waals surface area contributed by atoms with E-state index in [0.29, 0.717) is 19.8 Å². The second kappa shape index (κ2) is 7.81. The van der Waals surface area contributed by atoms with Gasteiger partial charge in [-0.1, -0.05) is 30.3 Å². The van der Waals surface area contributed by atoms with Crippen LogP contribution in [0, 0.1) is 0 Å². The molecule has 0 bridgehead atoms. The maximum Gasteiger partial charge on any atom is 0.304 e. The summed E-state index contributed by atoms with van der Waals surface area (Å²) in [5.41, 5.74) is 1.14. The number of carboxylic acid groups (broad SMARTS) is 1. The minimum absolute atomic E-state index is 0.142. The van der Waals surface area contributed by atoms with Crippen LogP contribution in [-0.2, 0) is 16.1 Å². The third kappa shape index (κ3) is 6.71. The number of hydrogen-bond donors (Lipinski definition) is 2. The van der Waals surface area contributed by atoms with E-state index in [2.05, 4.69) is 5.32 Å². The lowest BCUT2D eigenvalue weighted by atomic mass is 10.2. The molecule has 1 rings (SSSR count). The second-order valence-electron chi connectivity index (χ2n) is 4.00. The maximum absolute atomic E-state index is 10.3. The molecule has 17 heavy (non-hydrogen) atoms. The van der Waals surface area contributed by atoms with E-state index in [1.54, 1.807) is 0 Å². The molecule has 0 aliphatic heterocycles. The van der Waals surface area contributed by atoms with Crippen molar-refractivity contribution in [3.8, 4) is 0 Å². The zero-order chi connectivity index (χ0) is 12.5. The first-order valence-corrected chi connectivity index (χ1v) is 5.75. The fraction of sp³-hybridized carbons (Fsp3) is 0.462. The Hall–Kier alpha value is -1.39. The highest BCUT2D eigenvalue weighted by molar-refractivity contribution is 5.66. The van der Waals surface area contributed by atoms with Crippen molar-refractivity contribution in [1.29, 1.82) is 0 Å². The van der Waals surface area contributed by atoms with Gasteiger partial charge in [-0.05, 0) is 12.5 Å². The molecule has 1 unspecified atom stereocenters. The van der Waals surface area contributed by atoms with Gasteiger partial charge in [-0.15, -0.1) is 0 Å². The van der Waals surface area contributed by atoms with Crippen LogP contribution < -0.4 is 5.32 Å². The Morgan fingerprint density at radius 2 is 2.12 bits per heavy atom. The van der Waals surface area contributed by atoms with Crippen LogP contribution in [0.1, 0.15) is 18.9 Å². The van der Waals surface area contributed by atoms with Gasteiger partial charge >= 0.3 is 5.97 Å². The summed E-state index contributed by atoms with van der Waals surface area (Å²) in [6, 6.07) is 10.1. The van der Waals surface area contributed by atoms with Crippen LogP contribution in [0.5, 0.6) is 0 Å². The smallest absolute Gasteiger partial charge is 0.304 e. The van der Waals surface area contributed by atoms with E-state index in [4.69, 9.17) is 9.84 Å². The summed E-state index contributed by atoms with van der Waals surface area (Å²) in [7, 11) is 0. The van der Waals surface area contributed by atoms with E-state index in [-0.39, 0.29) is 12.5 Å².